The number of carbonyl (C=O) groups excluding carboxylic acids is 1. The van der Waals surface area contributed by atoms with Crippen molar-refractivity contribution in [3.63, 3.8) is 0 Å². The second kappa shape index (κ2) is 9.25. The number of allylic oxidation sites excluding steroid dienone is 1. The molecule has 5 heteroatoms. The maximum absolute atomic E-state index is 12.4. The summed E-state index contributed by atoms with van der Waals surface area (Å²) < 4.78 is 7.68. The monoisotopic (exact) mass is 414 g/mol. The van der Waals surface area contributed by atoms with Crippen LogP contribution in [-0.2, 0) is 6.61 Å². The summed E-state index contributed by atoms with van der Waals surface area (Å²) in [6.07, 6.45) is 8.76. The quantitative estimate of drug-likeness (QED) is 0.275. The van der Waals surface area contributed by atoms with Crippen molar-refractivity contribution in [3.05, 3.63) is 119 Å². The van der Waals surface area contributed by atoms with E-state index in [1.807, 2.05) is 65.4 Å². The third-order valence-corrected chi connectivity index (χ3v) is 4.79. The molecule has 0 aliphatic carbocycles. The first kappa shape index (κ1) is 19.7. The summed E-state index contributed by atoms with van der Waals surface area (Å²) in [6.45, 7) is 0.419. The number of halogens is 1. The van der Waals surface area contributed by atoms with E-state index in [0.29, 0.717) is 22.9 Å². The topological polar surface area (TPSA) is 44.1 Å². The van der Waals surface area contributed by atoms with Crippen molar-refractivity contribution in [2.45, 2.75) is 6.61 Å². The van der Waals surface area contributed by atoms with Crippen molar-refractivity contribution >= 4 is 23.5 Å². The van der Waals surface area contributed by atoms with Gasteiger partial charge in [-0.2, -0.15) is 0 Å². The standard InChI is InChI=1S/C25H19ClN2O2/c26-22-3-1-2-20(16-22)17-30-24-11-7-21(8-12-24)25(29)13-6-19-4-9-23(10-5-19)28-15-14-27-18-28/h1-16,18H,17H2/b13-6+. The van der Waals surface area contributed by atoms with Gasteiger partial charge in [-0.15, -0.1) is 0 Å². The minimum absolute atomic E-state index is 0.0601. The molecular weight excluding hydrogens is 396 g/mol. The molecule has 4 rings (SSSR count). The molecular formula is C25H19ClN2O2. The van der Waals surface area contributed by atoms with E-state index in [1.54, 1.807) is 42.9 Å². The number of rotatable bonds is 7. The second-order valence-corrected chi connectivity index (χ2v) is 7.14. The molecule has 0 N–H and O–H groups in total. The predicted molar refractivity (Wildman–Crippen MR) is 119 cm³/mol. The van der Waals surface area contributed by atoms with Gasteiger partial charge in [0.05, 0.1) is 6.33 Å². The largest absolute Gasteiger partial charge is 0.489 e. The maximum atomic E-state index is 12.4. The summed E-state index contributed by atoms with van der Waals surface area (Å²) in [5.74, 6) is 0.640. The molecule has 1 heterocycles. The van der Waals surface area contributed by atoms with Crippen LogP contribution < -0.4 is 4.74 Å². The first-order valence-corrected chi connectivity index (χ1v) is 9.83. The Kier molecular flexibility index (Phi) is 6.06. The van der Waals surface area contributed by atoms with Crippen LogP contribution >= 0.6 is 11.6 Å². The van der Waals surface area contributed by atoms with Gasteiger partial charge in [0, 0.05) is 28.7 Å². The van der Waals surface area contributed by atoms with Crippen LogP contribution in [0.1, 0.15) is 21.5 Å². The van der Waals surface area contributed by atoms with Crippen LogP contribution in [0.4, 0.5) is 0 Å². The van der Waals surface area contributed by atoms with Crippen LogP contribution in [0.5, 0.6) is 5.75 Å². The molecule has 0 aliphatic heterocycles. The van der Waals surface area contributed by atoms with E-state index in [2.05, 4.69) is 4.98 Å². The molecule has 0 unspecified atom stereocenters. The molecule has 3 aromatic carbocycles. The maximum Gasteiger partial charge on any atom is 0.185 e. The van der Waals surface area contributed by atoms with Crippen molar-refractivity contribution in [3.8, 4) is 11.4 Å². The highest BCUT2D eigenvalue weighted by atomic mass is 35.5. The molecule has 0 fully saturated rings. The van der Waals surface area contributed by atoms with Gasteiger partial charge in [0.2, 0.25) is 0 Å². The lowest BCUT2D eigenvalue weighted by Gasteiger charge is -2.07. The molecule has 0 atom stereocenters. The van der Waals surface area contributed by atoms with Crippen LogP contribution in [-0.4, -0.2) is 15.3 Å². The number of hydrogen-bond acceptors (Lipinski definition) is 3. The zero-order valence-electron chi connectivity index (χ0n) is 16.1. The Morgan fingerprint density at radius 3 is 2.53 bits per heavy atom. The van der Waals surface area contributed by atoms with Crippen LogP contribution in [0.3, 0.4) is 0 Å². The van der Waals surface area contributed by atoms with E-state index in [9.17, 15) is 4.79 Å². The molecule has 4 aromatic rings. The van der Waals surface area contributed by atoms with E-state index in [0.717, 1.165) is 16.8 Å². The van der Waals surface area contributed by atoms with Gasteiger partial charge in [-0.3, -0.25) is 4.79 Å². The number of carbonyl (C=O) groups is 1. The Balaban J connectivity index is 1.35. The number of hydrogen-bond donors (Lipinski definition) is 0. The number of aromatic nitrogens is 2. The smallest absolute Gasteiger partial charge is 0.185 e. The normalized spacial score (nSPS) is 11.0. The first-order chi connectivity index (χ1) is 14.7. The van der Waals surface area contributed by atoms with E-state index >= 15 is 0 Å². The number of ketones is 1. The fraction of sp³-hybridized carbons (Fsp3) is 0.0400. The number of imidazole rings is 1. The third-order valence-electron chi connectivity index (χ3n) is 4.56. The fourth-order valence-electron chi connectivity index (χ4n) is 2.95. The van der Waals surface area contributed by atoms with Gasteiger partial charge in [-0.1, -0.05) is 41.9 Å². The highest BCUT2D eigenvalue weighted by molar-refractivity contribution is 6.30. The summed E-state index contributed by atoms with van der Waals surface area (Å²) in [5, 5.41) is 0.681. The van der Waals surface area contributed by atoms with Crippen molar-refractivity contribution in [1.82, 2.24) is 9.55 Å². The van der Waals surface area contributed by atoms with Gasteiger partial charge in [0.15, 0.2) is 5.78 Å². The van der Waals surface area contributed by atoms with Crippen molar-refractivity contribution < 1.29 is 9.53 Å². The molecule has 4 nitrogen and oxygen atoms in total. The van der Waals surface area contributed by atoms with E-state index in [1.165, 1.54) is 0 Å². The van der Waals surface area contributed by atoms with Gasteiger partial charge in [-0.05, 0) is 65.7 Å². The fourth-order valence-corrected chi connectivity index (χ4v) is 3.16. The van der Waals surface area contributed by atoms with Crippen LogP contribution in [0.2, 0.25) is 5.02 Å². The number of ether oxygens (including phenoxy) is 1. The lowest BCUT2D eigenvalue weighted by Crippen LogP contribution is -1.97. The Morgan fingerprint density at radius 2 is 1.83 bits per heavy atom. The van der Waals surface area contributed by atoms with E-state index in [-0.39, 0.29) is 5.78 Å². The van der Waals surface area contributed by atoms with Gasteiger partial charge < -0.3 is 9.30 Å². The number of benzene rings is 3. The molecule has 1 aromatic heterocycles. The summed E-state index contributed by atoms with van der Waals surface area (Å²) >= 11 is 5.98. The Bertz CT molecular complexity index is 1150. The lowest BCUT2D eigenvalue weighted by atomic mass is 10.1. The summed E-state index contributed by atoms with van der Waals surface area (Å²) in [6, 6.07) is 22.6. The molecule has 0 bridgehead atoms. The average molecular weight is 415 g/mol. The molecule has 0 spiro atoms. The molecule has 0 radical (unpaired) electrons. The average Bonchev–Trinajstić information content (AvgIpc) is 3.32. The minimum Gasteiger partial charge on any atom is -0.489 e. The molecule has 0 amide bonds. The van der Waals surface area contributed by atoms with Gasteiger partial charge in [0.25, 0.3) is 0 Å². The molecule has 0 saturated carbocycles. The van der Waals surface area contributed by atoms with Crippen molar-refractivity contribution in [2.24, 2.45) is 0 Å². The minimum atomic E-state index is -0.0601. The summed E-state index contributed by atoms with van der Waals surface area (Å²) in [4.78, 5) is 16.5. The van der Waals surface area contributed by atoms with Crippen molar-refractivity contribution in [1.29, 1.82) is 0 Å². The van der Waals surface area contributed by atoms with Crippen LogP contribution in [0, 0.1) is 0 Å². The molecule has 0 aliphatic rings. The van der Waals surface area contributed by atoms with Gasteiger partial charge >= 0.3 is 0 Å². The summed E-state index contributed by atoms with van der Waals surface area (Å²) in [7, 11) is 0. The molecule has 0 saturated heterocycles. The Morgan fingerprint density at radius 1 is 1.03 bits per heavy atom. The highest BCUT2D eigenvalue weighted by Gasteiger charge is 2.03. The molecule has 148 valence electrons. The zero-order valence-corrected chi connectivity index (χ0v) is 16.9. The highest BCUT2D eigenvalue weighted by Crippen LogP contribution is 2.17. The third kappa shape index (κ3) is 5.04. The zero-order chi connectivity index (χ0) is 20.8. The predicted octanol–water partition coefficient (Wildman–Crippen LogP) is 6.00. The lowest BCUT2D eigenvalue weighted by molar-refractivity contribution is 0.104. The molecule has 30 heavy (non-hydrogen) atoms. The first-order valence-electron chi connectivity index (χ1n) is 9.45. The van der Waals surface area contributed by atoms with Crippen LogP contribution in [0.15, 0.2) is 97.6 Å². The Hall–Kier alpha value is -3.63. The second-order valence-electron chi connectivity index (χ2n) is 6.70. The number of nitrogens with zero attached hydrogens (tertiary/aromatic N) is 2. The Labute approximate surface area is 180 Å². The summed E-state index contributed by atoms with van der Waals surface area (Å²) in [5.41, 5.74) is 3.57. The van der Waals surface area contributed by atoms with E-state index in [4.69, 9.17) is 16.3 Å². The van der Waals surface area contributed by atoms with Crippen molar-refractivity contribution in [2.75, 3.05) is 0 Å². The van der Waals surface area contributed by atoms with E-state index < -0.39 is 0 Å². The van der Waals surface area contributed by atoms with Gasteiger partial charge in [-0.25, -0.2) is 4.98 Å². The van der Waals surface area contributed by atoms with Gasteiger partial charge in [0.1, 0.15) is 12.4 Å². The van der Waals surface area contributed by atoms with Crippen LogP contribution in [0.25, 0.3) is 11.8 Å². The SMILES string of the molecule is O=C(/C=C/c1ccc(-n2ccnc2)cc1)c1ccc(OCc2cccc(Cl)c2)cc1.